The molecule has 0 aromatic carbocycles. The third-order valence-electron chi connectivity index (χ3n) is 3.95. The van der Waals surface area contributed by atoms with E-state index in [0.717, 1.165) is 0 Å². The van der Waals surface area contributed by atoms with Crippen LogP contribution < -0.4 is 16.6 Å². The minimum absolute atomic E-state index is 0.00255. The highest BCUT2D eigenvalue weighted by molar-refractivity contribution is 7.80. The molecule has 1 fully saturated rings. The van der Waals surface area contributed by atoms with E-state index in [2.05, 4.69) is 43.6 Å². The Kier molecular flexibility index (Phi) is 9.61. The molecule has 4 atom stereocenters. The number of carbonyl (C=O) groups is 1. The lowest BCUT2D eigenvalue weighted by molar-refractivity contribution is -0.120. The van der Waals surface area contributed by atoms with Crippen molar-refractivity contribution < 1.29 is 37.3 Å². The van der Waals surface area contributed by atoms with E-state index in [0.29, 0.717) is 5.75 Å². The second kappa shape index (κ2) is 11.7. The molecule has 1 aliphatic rings. The molecule has 0 bridgehead atoms. The first kappa shape index (κ1) is 25.5. The molecule has 170 valence electrons. The van der Waals surface area contributed by atoms with Gasteiger partial charge in [-0.2, -0.15) is 12.6 Å². The Morgan fingerprint density at radius 3 is 2.94 bits per heavy atom. The molecular formula is C15H20N3O10P2S+. The molecule has 3 unspecified atom stereocenters. The van der Waals surface area contributed by atoms with Crippen LogP contribution in [-0.2, 0) is 27.5 Å². The summed E-state index contributed by atoms with van der Waals surface area (Å²) >= 11 is 3.94. The molecule has 0 saturated carbocycles. The van der Waals surface area contributed by atoms with Gasteiger partial charge >= 0.3 is 21.8 Å². The van der Waals surface area contributed by atoms with Crippen molar-refractivity contribution in [2.45, 2.75) is 25.0 Å². The first-order chi connectivity index (χ1) is 14.6. The zero-order valence-corrected chi connectivity index (χ0v) is 18.6. The van der Waals surface area contributed by atoms with Crippen molar-refractivity contribution >= 4 is 34.6 Å². The predicted octanol–water partition coefficient (Wildman–Crippen LogP) is -0.563. The molecule has 16 heteroatoms. The van der Waals surface area contributed by atoms with Gasteiger partial charge in [-0.05, 0) is 16.5 Å². The molecule has 2 rings (SSSR count). The summed E-state index contributed by atoms with van der Waals surface area (Å²) < 4.78 is 37.0. The lowest BCUT2D eigenvalue weighted by Crippen LogP contribution is -2.34. The highest BCUT2D eigenvalue weighted by Crippen LogP contribution is 2.50. The van der Waals surface area contributed by atoms with Crippen molar-refractivity contribution in [3.8, 4) is 11.8 Å². The SMILES string of the molecule is O=C(CCS)NCC#Cc1cn(C2CO[C@H](COP(=O)(O)O[P+](=O)O)C2)c(=O)[nH]c1=O. The molecule has 13 nitrogen and oxygen atoms in total. The van der Waals surface area contributed by atoms with Crippen molar-refractivity contribution in [2.75, 3.05) is 25.5 Å². The van der Waals surface area contributed by atoms with Gasteiger partial charge in [-0.25, -0.2) is 9.36 Å². The van der Waals surface area contributed by atoms with E-state index in [1.807, 2.05) is 0 Å². The number of H-pyrrole nitrogens is 1. The van der Waals surface area contributed by atoms with Crippen molar-refractivity contribution in [2.24, 2.45) is 0 Å². The second-order valence-corrected chi connectivity index (χ2v) is 8.96. The fourth-order valence-corrected chi connectivity index (χ4v) is 4.06. The van der Waals surface area contributed by atoms with Gasteiger partial charge in [-0.15, -0.1) is 4.89 Å². The van der Waals surface area contributed by atoms with Crippen molar-refractivity contribution in [3.63, 3.8) is 0 Å². The Balaban J connectivity index is 2.02. The highest BCUT2D eigenvalue weighted by atomic mass is 32.1. The van der Waals surface area contributed by atoms with Gasteiger partial charge in [0.25, 0.3) is 5.56 Å². The quantitative estimate of drug-likeness (QED) is 0.169. The molecule has 1 saturated heterocycles. The Morgan fingerprint density at radius 2 is 2.26 bits per heavy atom. The monoisotopic (exact) mass is 496 g/mol. The van der Waals surface area contributed by atoms with Gasteiger partial charge in [0.1, 0.15) is 5.56 Å². The predicted molar refractivity (Wildman–Crippen MR) is 110 cm³/mol. The molecule has 4 N–H and O–H groups in total. The molecule has 1 aromatic heterocycles. The average molecular weight is 496 g/mol. The summed E-state index contributed by atoms with van der Waals surface area (Å²) in [7, 11) is -8.05. The van der Waals surface area contributed by atoms with Crippen LogP contribution in [0.5, 0.6) is 0 Å². The number of aromatic nitrogens is 2. The van der Waals surface area contributed by atoms with Crippen LogP contribution >= 0.6 is 28.7 Å². The lowest BCUT2D eigenvalue weighted by atomic mass is 10.2. The number of ether oxygens (including phenoxy) is 1. The van der Waals surface area contributed by atoms with Crippen molar-refractivity contribution in [3.05, 3.63) is 32.6 Å². The first-order valence-corrected chi connectivity index (χ1v) is 12.0. The standard InChI is InChI=1S/C15H19N3O10P2S/c19-13(3-5-31)16-4-1-2-10-7-18(15(21)17-14(10)20)11-6-12(26-8-11)9-27-30(24,25)28-29(22)23/h7,11-12H,3-6,8-9H2,(H4-,16,17,19,20,21,22,23,24,25,31)/p+1/t11?,12-/m0/s1. The van der Waals surface area contributed by atoms with E-state index >= 15 is 0 Å². The largest absolute Gasteiger partial charge is 0.705 e. The van der Waals surface area contributed by atoms with Gasteiger partial charge in [-0.1, -0.05) is 11.8 Å². The molecule has 2 heterocycles. The smallest absolute Gasteiger partial charge is 0.374 e. The summed E-state index contributed by atoms with van der Waals surface area (Å²) in [5.74, 6) is 5.36. The van der Waals surface area contributed by atoms with E-state index in [9.17, 15) is 28.4 Å². The molecule has 31 heavy (non-hydrogen) atoms. The fraction of sp³-hybridized carbons (Fsp3) is 0.533. The van der Waals surface area contributed by atoms with E-state index in [4.69, 9.17) is 9.63 Å². The fourth-order valence-electron chi connectivity index (χ4n) is 2.60. The van der Waals surface area contributed by atoms with Crippen LogP contribution in [-0.4, -0.2) is 56.9 Å². The van der Waals surface area contributed by atoms with Crippen LogP contribution in [0.3, 0.4) is 0 Å². The number of aromatic amines is 1. The minimum atomic E-state index is -4.73. The minimum Gasteiger partial charge on any atom is -0.374 e. The van der Waals surface area contributed by atoms with Gasteiger partial charge in [0, 0.05) is 17.2 Å². The number of phosphoric acid groups is 1. The normalized spacial score (nSPS) is 20.4. The number of nitrogens with one attached hydrogen (secondary N) is 2. The van der Waals surface area contributed by atoms with E-state index in [1.165, 1.54) is 10.8 Å². The average Bonchev–Trinajstić information content (AvgIpc) is 3.13. The molecule has 1 aromatic rings. The Bertz CT molecular complexity index is 1050. The van der Waals surface area contributed by atoms with Crippen LogP contribution in [0.15, 0.2) is 15.8 Å². The zero-order valence-electron chi connectivity index (χ0n) is 15.9. The summed E-state index contributed by atoms with van der Waals surface area (Å²) in [5.41, 5.74) is -1.38. The highest BCUT2D eigenvalue weighted by Gasteiger charge is 2.37. The number of nitrogens with zero attached hydrogens (tertiary/aromatic N) is 1. The van der Waals surface area contributed by atoms with Crippen LogP contribution in [0.4, 0.5) is 0 Å². The van der Waals surface area contributed by atoms with E-state index in [1.54, 1.807) is 0 Å². The van der Waals surface area contributed by atoms with Gasteiger partial charge < -0.3 is 10.1 Å². The summed E-state index contributed by atoms with van der Waals surface area (Å²) in [4.78, 5) is 55.4. The summed E-state index contributed by atoms with van der Waals surface area (Å²) in [5, 5.41) is 2.53. The van der Waals surface area contributed by atoms with Crippen LogP contribution in [0.25, 0.3) is 0 Å². The Hall–Kier alpha value is -1.81. The van der Waals surface area contributed by atoms with E-state index in [-0.39, 0.29) is 37.5 Å². The maximum atomic E-state index is 12.2. The number of rotatable bonds is 9. The first-order valence-electron chi connectivity index (χ1n) is 8.78. The maximum Gasteiger partial charge on any atom is 0.705 e. The van der Waals surface area contributed by atoms with Gasteiger partial charge in [0.2, 0.25) is 5.91 Å². The van der Waals surface area contributed by atoms with Crippen molar-refractivity contribution in [1.29, 1.82) is 0 Å². The van der Waals surface area contributed by atoms with Crippen molar-refractivity contribution in [1.82, 2.24) is 14.9 Å². The van der Waals surface area contributed by atoms with Crippen LogP contribution in [0, 0.1) is 11.8 Å². The zero-order chi connectivity index (χ0) is 23.0. The molecule has 0 aliphatic carbocycles. The number of hydrogen-bond acceptors (Lipinski definition) is 9. The molecule has 0 spiro atoms. The molecular weight excluding hydrogens is 476 g/mol. The van der Waals surface area contributed by atoms with Crippen LogP contribution in [0.2, 0.25) is 0 Å². The van der Waals surface area contributed by atoms with Gasteiger partial charge in [0.05, 0.1) is 31.9 Å². The lowest BCUT2D eigenvalue weighted by Gasteiger charge is -2.12. The number of phosphoric ester groups is 1. The Morgan fingerprint density at radius 1 is 1.52 bits per heavy atom. The van der Waals surface area contributed by atoms with Crippen LogP contribution in [0.1, 0.15) is 24.4 Å². The number of carbonyl (C=O) groups excluding carboxylic acids is 1. The molecule has 1 amide bonds. The third kappa shape index (κ3) is 8.33. The summed E-state index contributed by atoms with van der Waals surface area (Å²) in [6.45, 7) is -0.374. The topological polar surface area (TPSA) is 186 Å². The third-order valence-corrected chi connectivity index (χ3v) is 6.04. The molecule has 0 radical (unpaired) electrons. The maximum absolute atomic E-state index is 12.2. The Labute approximate surface area is 182 Å². The second-order valence-electron chi connectivity index (χ2n) is 6.19. The number of hydrogen-bond donors (Lipinski definition) is 5. The summed E-state index contributed by atoms with van der Waals surface area (Å²) in [6, 6.07) is -0.526. The summed E-state index contributed by atoms with van der Waals surface area (Å²) in [6.07, 6.45) is 0.974. The van der Waals surface area contributed by atoms with E-state index < -0.39 is 46.1 Å². The molecule has 1 aliphatic heterocycles. The van der Waals surface area contributed by atoms with Gasteiger partial charge in [-0.3, -0.25) is 28.6 Å². The number of amides is 1. The number of thiol groups is 1. The van der Waals surface area contributed by atoms with Gasteiger partial charge in [0.15, 0.2) is 0 Å².